The minimum absolute atomic E-state index is 0.181. The predicted molar refractivity (Wildman–Crippen MR) is 85.1 cm³/mol. The fourth-order valence-electron chi connectivity index (χ4n) is 1.90. The third kappa shape index (κ3) is 3.64. The number of hydrogen-bond acceptors (Lipinski definition) is 4. The Morgan fingerprint density at radius 2 is 2.00 bits per heavy atom. The molecule has 0 aliphatic heterocycles. The number of thiophene rings is 1. The zero-order valence-corrected chi connectivity index (χ0v) is 14.1. The summed E-state index contributed by atoms with van der Waals surface area (Å²) in [5.74, 6) is 0. The van der Waals surface area contributed by atoms with E-state index in [0.29, 0.717) is 9.90 Å². The van der Waals surface area contributed by atoms with Crippen molar-refractivity contribution in [3.05, 3.63) is 50.7 Å². The van der Waals surface area contributed by atoms with Gasteiger partial charge < -0.3 is 5.11 Å². The van der Waals surface area contributed by atoms with Gasteiger partial charge in [-0.3, -0.25) is 0 Å². The number of aliphatic hydroxyl groups is 1. The monoisotopic (exact) mass is 345 g/mol. The van der Waals surface area contributed by atoms with Crippen molar-refractivity contribution in [2.75, 3.05) is 7.05 Å². The predicted octanol–water partition coefficient (Wildman–Crippen LogP) is 3.02. The first-order valence-corrected chi connectivity index (χ1v) is 8.89. The van der Waals surface area contributed by atoms with E-state index in [1.807, 2.05) is 13.0 Å². The number of nitrogens with zero attached hydrogens (tertiary/aromatic N) is 1. The minimum Gasteiger partial charge on any atom is -0.392 e. The summed E-state index contributed by atoms with van der Waals surface area (Å²) in [5.41, 5.74) is 1.48. The molecular formula is C14H16ClNO3S2. The molecule has 0 unspecified atom stereocenters. The Balaban J connectivity index is 2.28. The summed E-state index contributed by atoms with van der Waals surface area (Å²) in [7, 11) is -2.06. The van der Waals surface area contributed by atoms with Crippen molar-refractivity contribution in [1.82, 2.24) is 4.31 Å². The third-order valence-corrected chi connectivity index (χ3v) is 6.22. The normalized spacial score (nSPS) is 12.0. The van der Waals surface area contributed by atoms with E-state index in [1.165, 1.54) is 28.8 Å². The van der Waals surface area contributed by atoms with Crippen LogP contribution in [0.2, 0.25) is 4.34 Å². The van der Waals surface area contributed by atoms with Crippen LogP contribution in [0.5, 0.6) is 0 Å². The summed E-state index contributed by atoms with van der Waals surface area (Å²) in [6.07, 6.45) is 0. The van der Waals surface area contributed by atoms with Crippen LogP contribution in [0.15, 0.2) is 35.2 Å². The number of sulfonamides is 1. The molecule has 0 radical (unpaired) electrons. The van der Waals surface area contributed by atoms with Crippen LogP contribution in [0, 0.1) is 6.92 Å². The number of hydrogen-bond donors (Lipinski definition) is 1. The van der Waals surface area contributed by atoms with Gasteiger partial charge in [0.15, 0.2) is 0 Å². The minimum atomic E-state index is -3.59. The van der Waals surface area contributed by atoms with E-state index in [2.05, 4.69) is 0 Å². The molecule has 7 heteroatoms. The van der Waals surface area contributed by atoms with Gasteiger partial charge in [-0.1, -0.05) is 17.7 Å². The summed E-state index contributed by atoms with van der Waals surface area (Å²) in [6.45, 7) is 1.92. The average molecular weight is 346 g/mol. The lowest BCUT2D eigenvalue weighted by atomic mass is 10.1. The molecule has 1 aromatic heterocycles. The van der Waals surface area contributed by atoms with Gasteiger partial charge in [0, 0.05) is 18.5 Å². The van der Waals surface area contributed by atoms with E-state index >= 15 is 0 Å². The van der Waals surface area contributed by atoms with Crippen LogP contribution in [0.1, 0.15) is 16.0 Å². The van der Waals surface area contributed by atoms with Gasteiger partial charge in [-0.05, 0) is 42.3 Å². The standard InChI is InChI=1S/C14H16ClNO3S2/c1-10-3-5-13(7-11(10)9-17)21(18,19)16(2)8-12-4-6-14(15)20-12/h3-7,17H,8-9H2,1-2H3. The molecule has 0 bridgehead atoms. The van der Waals surface area contributed by atoms with E-state index in [0.717, 1.165) is 10.4 Å². The summed E-state index contributed by atoms with van der Waals surface area (Å²) in [6, 6.07) is 8.34. The number of aryl methyl sites for hydroxylation is 1. The van der Waals surface area contributed by atoms with Crippen molar-refractivity contribution in [2.45, 2.75) is 25.0 Å². The Labute approximate surface area is 133 Å². The highest BCUT2D eigenvalue weighted by atomic mass is 35.5. The third-order valence-electron chi connectivity index (χ3n) is 3.21. The van der Waals surface area contributed by atoms with Gasteiger partial charge in [0.1, 0.15) is 0 Å². The fraction of sp³-hybridized carbons (Fsp3) is 0.286. The summed E-state index contributed by atoms with van der Waals surface area (Å²) < 4.78 is 27.0. The molecule has 0 saturated carbocycles. The highest BCUT2D eigenvalue weighted by Gasteiger charge is 2.22. The second kappa shape index (κ2) is 6.46. The SMILES string of the molecule is Cc1ccc(S(=O)(=O)N(C)Cc2ccc(Cl)s2)cc1CO. The first-order chi connectivity index (χ1) is 9.84. The summed E-state index contributed by atoms with van der Waals surface area (Å²) in [5, 5.41) is 9.26. The molecule has 1 aromatic carbocycles. The van der Waals surface area contributed by atoms with Crippen LogP contribution in [-0.2, 0) is 23.2 Å². The van der Waals surface area contributed by atoms with Crippen LogP contribution < -0.4 is 0 Å². The van der Waals surface area contributed by atoms with Crippen molar-refractivity contribution in [3.63, 3.8) is 0 Å². The smallest absolute Gasteiger partial charge is 0.243 e. The lowest BCUT2D eigenvalue weighted by molar-refractivity contribution is 0.280. The van der Waals surface area contributed by atoms with E-state index in [1.54, 1.807) is 18.2 Å². The van der Waals surface area contributed by atoms with Gasteiger partial charge in [0.2, 0.25) is 10.0 Å². The first-order valence-electron chi connectivity index (χ1n) is 6.25. The zero-order chi connectivity index (χ0) is 15.6. The number of halogens is 1. The Kier molecular flexibility index (Phi) is 5.06. The molecule has 21 heavy (non-hydrogen) atoms. The largest absolute Gasteiger partial charge is 0.392 e. The topological polar surface area (TPSA) is 57.6 Å². The van der Waals surface area contributed by atoms with Crippen LogP contribution >= 0.6 is 22.9 Å². The van der Waals surface area contributed by atoms with Crippen molar-refractivity contribution in [3.8, 4) is 0 Å². The maximum atomic E-state index is 12.5. The lowest BCUT2D eigenvalue weighted by Crippen LogP contribution is -2.26. The van der Waals surface area contributed by atoms with E-state index < -0.39 is 10.0 Å². The average Bonchev–Trinajstić information content (AvgIpc) is 2.84. The van der Waals surface area contributed by atoms with Crippen LogP contribution in [0.25, 0.3) is 0 Å². The first kappa shape index (κ1) is 16.5. The van der Waals surface area contributed by atoms with Gasteiger partial charge in [0.25, 0.3) is 0 Å². The molecule has 0 saturated heterocycles. The number of benzene rings is 1. The Bertz CT molecular complexity index is 740. The fourth-order valence-corrected chi connectivity index (χ4v) is 4.32. The van der Waals surface area contributed by atoms with Crippen molar-refractivity contribution < 1.29 is 13.5 Å². The summed E-state index contributed by atoms with van der Waals surface area (Å²) in [4.78, 5) is 1.06. The van der Waals surface area contributed by atoms with Crippen molar-refractivity contribution in [2.24, 2.45) is 0 Å². The molecule has 2 aromatic rings. The van der Waals surface area contributed by atoms with E-state index in [4.69, 9.17) is 11.6 Å². The molecule has 1 heterocycles. The number of rotatable bonds is 5. The second-order valence-corrected chi connectivity index (χ2v) is 8.56. The molecular weight excluding hydrogens is 330 g/mol. The highest BCUT2D eigenvalue weighted by Crippen LogP contribution is 2.25. The molecule has 2 rings (SSSR count). The molecule has 0 spiro atoms. The van der Waals surface area contributed by atoms with Gasteiger partial charge in [-0.15, -0.1) is 11.3 Å². The molecule has 4 nitrogen and oxygen atoms in total. The van der Waals surface area contributed by atoms with E-state index in [-0.39, 0.29) is 18.0 Å². The van der Waals surface area contributed by atoms with Crippen molar-refractivity contribution >= 4 is 33.0 Å². The Hall–Kier alpha value is -0.920. The molecule has 0 atom stereocenters. The second-order valence-electron chi connectivity index (χ2n) is 4.71. The Morgan fingerprint density at radius 1 is 1.29 bits per heavy atom. The van der Waals surface area contributed by atoms with Crippen LogP contribution in [-0.4, -0.2) is 24.9 Å². The summed E-state index contributed by atoms with van der Waals surface area (Å²) >= 11 is 7.21. The molecule has 0 aliphatic carbocycles. The maximum Gasteiger partial charge on any atom is 0.243 e. The molecule has 114 valence electrons. The van der Waals surface area contributed by atoms with Gasteiger partial charge in [0.05, 0.1) is 15.8 Å². The highest BCUT2D eigenvalue weighted by molar-refractivity contribution is 7.89. The zero-order valence-electron chi connectivity index (χ0n) is 11.7. The molecule has 0 aliphatic rings. The van der Waals surface area contributed by atoms with Gasteiger partial charge in [-0.25, -0.2) is 8.42 Å². The van der Waals surface area contributed by atoms with Gasteiger partial charge in [-0.2, -0.15) is 4.31 Å². The van der Waals surface area contributed by atoms with E-state index in [9.17, 15) is 13.5 Å². The molecule has 0 fully saturated rings. The van der Waals surface area contributed by atoms with Crippen LogP contribution in [0.4, 0.5) is 0 Å². The molecule has 1 N–H and O–H groups in total. The number of aliphatic hydroxyl groups excluding tert-OH is 1. The van der Waals surface area contributed by atoms with Crippen LogP contribution in [0.3, 0.4) is 0 Å². The maximum absolute atomic E-state index is 12.5. The van der Waals surface area contributed by atoms with Gasteiger partial charge >= 0.3 is 0 Å². The Morgan fingerprint density at radius 3 is 2.57 bits per heavy atom. The quantitative estimate of drug-likeness (QED) is 0.906. The lowest BCUT2D eigenvalue weighted by Gasteiger charge is -2.17. The molecule has 0 amide bonds. The van der Waals surface area contributed by atoms with Crippen molar-refractivity contribution in [1.29, 1.82) is 0 Å².